The molecule has 0 aromatic heterocycles. The zero-order chi connectivity index (χ0) is 19.1. The lowest BCUT2D eigenvalue weighted by Gasteiger charge is -2.25. The van der Waals surface area contributed by atoms with Gasteiger partial charge in [0.25, 0.3) is 0 Å². The molecule has 142 valence electrons. The van der Waals surface area contributed by atoms with Gasteiger partial charge in [-0.15, -0.1) is 0 Å². The predicted molar refractivity (Wildman–Crippen MR) is 106 cm³/mol. The van der Waals surface area contributed by atoms with Crippen LogP contribution in [0.2, 0.25) is 5.02 Å². The number of hydrogen-bond acceptors (Lipinski definition) is 5. The number of carbonyl (C=O) groups excluding carboxylic acids is 1. The molecule has 0 aliphatic carbocycles. The first-order valence-electron chi connectivity index (χ1n) is 8.31. The number of methoxy groups -OCH3 is 1. The second-order valence-corrected chi connectivity index (χ2v) is 10.6. The number of benzene rings is 1. The predicted octanol–water partition coefficient (Wildman–Crippen LogP) is 3.00. The minimum Gasteiger partial charge on any atom is -0.495 e. The van der Waals surface area contributed by atoms with Crippen molar-refractivity contribution in [3.8, 4) is 5.75 Å². The molecule has 2 saturated heterocycles. The van der Waals surface area contributed by atoms with E-state index in [1.165, 1.54) is 18.9 Å². The van der Waals surface area contributed by atoms with E-state index >= 15 is 0 Å². The molecule has 1 amide bonds. The van der Waals surface area contributed by atoms with Gasteiger partial charge in [-0.25, -0.2) is 8.42 Å². The van der Waals surface area contributed by atoms with E-state index in [-0.39, 0.29) is 34.6 Å². The SMILES string of the molecule is COc1ccc(N2C(=NC(=O)CC(C)C)S[C@H]3CS(=O)(=O)C[C@@H]32)cc1Cl. The molecule has 2 heterocycles. The number of thioether (sulfide) groups is 1. The monoisotopic (exact) mass is 416 g/mol. The third-order valence-electron chi connectivity index (χ3n) is 4.28. The van der Waals surface area contributed by atoms with Gasteiger partial charge in [0, 0.05) is 17.4 Å². The summed E-state index contributed by atoms with van der Waals surface area (Å²) in [7, 11) is -1.57. The van der Waals surface area contributed by atoms with Gasteiger partial charge in [0.15, 0.2) is 15.0 Å². The van der Waals surface area contributed by atoms with Crippen molar-refractivity contribution >= 4 is 50.0 Å². The van der Waals surface area contributed by atoms with Crippen LogP contribution in [-0.2, 0) is 14.6 Å². The second-order valence-electron chi connectivity index (χ2n) is 6.88. The summed E-state index contributed by atoms with van der Waals surface area (Å²) in [5, 5.41) is 0.834. The molecule has 0 N–H and O–H groups in total. The Morgan fingerprint density at radius 1 is 1.42 bits per heavy atom. The summed E-state index contributed by atoms with van der Waals surface area (Å²) in [6.07, 6.45) is 0.356. The van der Waals surface area contributed by atoms with Gasteiger partial charge in [0.1, 0.15) is 5.75 Å². The lowest BCUT2D eigenvalue weighted by atomic mass is 10.1. The van der Waals surface area contributed by atoms with Gasteiger partial charge in [-0.1, -0.05) is 37.2 Å². The number of hydrogen-bond donors (Lipinski definition) is 0. The average Bonchev–Trinajstić information content (AvgIpc) is 2.97. The average molecular weight is 417 g/mol. The zero-order valence-corrected chi connectivity index (χ0v) is 17.2. The summed E-state index contributed by atoms with van der Waals surface area (Å²) in [5.74, 6) is 0.690. The van der Waals surface area contributed by atoms with Crippen molar-refractivity contribution in [1.82, 2.24) is 0 Å². The normalized spacial score (nSPS) is 25.7. The van der Waals surface area contributed by atoms with Gasteiger partial charge < -0.3 is 9.64 Å². The molecule has 6 nitrogen and oxygen atoms in total. The number of amides is 1. The maximum Gasteiger partial charge on any atom is 0.248 e. The Morgan fingerprint density at radius 3 is 2.77 bits per heavy atom. The molecule has 2 atom stereocenters. The number of amidine groups is 1. The first-order chi connectivity index (χ1) is 12.2. The summed E-state index contributed by atoms with van der Waals surface area (Å²) in [6, 6.07) is 5.00. The van der Waals surface area contributed by atoms with Gasteiger partial charge >= 0.3 is 0 Å². The van der Waals surface area contributed by atoms with Crippen molar-refractivity contribution in [2.45, 2.75) is 31.6 Å². The van der Waals surface area contributed by atoms with Gasteiger partial charge in [-0.3, -0.25) is 4.79 Å². The summed E-state index contributed by atoms with van der Waals surface area (Å²) in [6.45, 7) is 3.92. The van der Waals surface area contributed by atoms with Crippen LogP contribution in [0.1, 0.15) is 20.3 Å². The number of fused-ring (bicyclic) bond motifs is 1. The Bertz CT molecular complexity index is 854. The molecule has 9 heteroatoms. The highest BCUT2D eigenvalue weighted by Crippen LogP contribution is 2.42. The minimum atomic E-state index is -3.10. The minimum absolute atomic E-state index is 0.0473. The highest BCUT2D eigenvalue weighted by atomic mass is 35.5. The van der Waals surface area contributed by atoms with Gasteiger partial charge in [0.05, 0.1) is 29.7 Å². The highest BCUT2D eigenvalue weighted by Gasteiger charge is 2.49. The van der Waals surface area contributed by atoms with Crippen molar-refractivity contribution in [3.05, 3.63) is 23.2 Å². The maximum absolute atomic E-state index is 12.2. The molecule has 26 heavy (non-hydrogen) atoms. The second kappa shape index (κ2) is 7.40. The number of sulfone groups is 1. The molecule has 1 aromatic rings. The maximum atomic E-state index is 12.2. The summed E-state index contributed by atoms with van der Waals surface area (Å²) in [5.41, 5.74) is 0.712. The fourth-order valence-electron chi connectivity index (χ4n) is 3.17. The molecule has 3 rings (SSSR count). The fourth-order valence-corrected chi connectivity index (χ4v) is 7.36. The topological polar surface area (TPSA) is 76.0 Å². The number of anilines is 1. The van der Waals surface area contributed by atoms with Crippen LogP contribution < -0.4 is 9.64 Å². The quantitative estimate of drug-likeness (QED) is 0.750. The number of aliphatic imine (C=N–C) groups is 1. The molecule has 2 aliphatic heterocycles. The van der Waals surface area contributed by atoms with Crippen LogP contribution in [0, 0.1) is 5.92 Å². The van der Waals surface area contributed by atoms with E-state index < -0.39 is 9.84 Å². The number of halogens is 1. The largest absolute Gasteiger partial charge is 0.495 e. The highest BCUT2D eigenvalue weighted by molar-refractivity contribution is 8.16. The summed E-state index contributed by atoms with van der Waals surface area (Å²) in [4.78, 5) is 18.3. The lowest BCUT2D eigenvalue weighted by molar-refractivity contribution is -0.118. The molecule has 1 aromatic carbocycles. The number of nitrogens with zero attached hydrogens (tertiary/aromatic N) is 2. The first-order valence-corrected chi connectivity index (χ1v) is 11.4. The van der Waals surface area contributed by atoms with Gasteiger partial charge in [-0.05, 0) is 24.1 Å². The number of carbonyl (C=O) groups is 1. The third-order valence-corrected chi connectivity index (χ3v) is 7.79. The van der Waals surface area contributed by atoms with Crippen molar-refractivity contribution in [1.29, 1.82) is 0 Å². The van der Waals surface area contributed by atoms with Crippen molar-refractivity contribution < 1.29 is 17.9 Å². The van der Waals surface area contributed by atoms with Crippen LogP contribution >= 0.6 is 23.4 Å². The summed E-state index contributed by atoms with van der Waals surface area (Å²) >= 11 is 7.60. The Hall–Kier alpha value is -1.25. The van der Waals surface area contributed by atoms with Gasteiger partial charge in [0.2, 0.25) is 5.91 Å². The molecule has 0 unspecified atom stereocenters. The van der Waals surface area contributed by atoms with Crippen LogP contribution in [0.4, 0.5) is 5.69 Å². The van der Waals surface area contributed by atoms with Crippen LogP contribution in [0.3, 0.4) is 0 Å². The zero-order valence-electron chi connectivity index (χ0n) is 14.8. The van der Waals surface area contributed by atoms with E-state index in [0.29, 0.717) is 28.0 Å². The number of rotatable bonds is 4. The molecular formula is C17H21ClN2O4S2. The standard InChI is InChI=1S/C17H21ClN2O4S2/c1-10(2)6-16(21)19-17-20(11-4-5-14(24-3)12(18)7-11)13-8-26(22,23)9-15(13)25-17/h4-5,7,10,13,15H,6,8-9H2,1-3H3/t13-,15-/m0/s1. The van der Waals surface area contributed by atoms with Crippen molar-refractivity contribution in [2.24, 2.45) is 10.9 Å². The van der Waals surface area contributed by atoms with Crippen molar-refractivity contribution in [2.75, 3.05) is 23.5 Å². The van der Waals surface area contributed by atoms with E-state index in [4.69, 9.17) is 16.3 Å². The molecule has 0 spiro atoms. The molecule has 0 radical (unpaired) electrons. The van der Waals surface area contributed by atoms with E-state index in [0.717, 1.165) is 0 Å². The molecule has 2 fully saturated rings. The van der Waals surface area contributed by atoms with E-state index in [9.17, 15) is 13.2 Å². The van der Waals surface area contributed by atoms with E-state index in [2.05, 4.69) is 4.99 Å². The fraction of sp³-hybridized carbons (Fsp3) is 0.529. The first kappa shape index (κ1) is 19.5. The summed E-state index contributed by atoms with van der Waals surface area (Å²) < 4.78 is 29.3. The third kappa shape index (κ3) is 4.02. The Morgan fingerprint density at radius 2 is 2.15 bits per heavy atom. The van der Waals surface area contributed by atoms with Gasteiger partial charge in [-0.2, -0.15) is 4.99 Å². The van der Waals surface area contributed by atoms with Crippen LogP contribution in [0.15, 0.2) is 23.2 Å². The van der Waals surface area contributed by atoms with Crippen LogP contribution in [0.5, 0.6) is 5.75 Å². The Kier molecular flexibility index (Phi) is 5.55. The smallest absolute Gasteiger partial charge is 0.248 e. The van der Waals surface area contributed by atoms with Crippen LogP contribution in [0.25, 0.3) is 0 Å². The molecule has 0 saturated carbocycles. The van der Waals surface area contributed by atoms with Crippen LogP contribution in [-0.4, -0.2) is 49.4 Å². The Balaban J connectivity index is 1.99. The van der Waals surface area contributed by atoms with E-state index in [1.807, 2.05) is 18.7 Å². The van der Waals surface area contributed by atoms with Crippen molar-refractivity contribution in [3.63, 3.8) is 0 Å². The molecule has 0 bridgehead atoms. The van der Waals surface area contributed by atoms with E-state index in [1.54, 1.807) is 18.2 Å². The Labute approximate surface area is 162 Å². The number of ether oxygens (including phenoxy) is 1. The lowest BCUT2D eigenvalue weighted by Crippen LogP contribution is -2.37. The molecule has 2 aliphatic rings. The molecular weight excluding hydrogens is 396 g/mol.